The Morgan fingerprint density at radius 3 is 2.78 bits per heavy atom. The Labute approximate surface area is 118 Å². The fourth-order valence-electron chi connectivity index (χ4n) is 3.02. The third kappa shape index (κ3) is 2.97. The summed E-state index contributed by atoms with van der Waals surface area (Å²) in [5, 5.41) is 7.98. The molecule has 0 amide bonds. The summed E-state index contributed by atoms with van der Waals surface area (Å²) in [6.07, 6.45) is 8.45. The Hall–Kier alpha value is -0.350. The molecule has 0 bridgehead atoms. The zero-order chi connectivity index (χ0) is 13.1. The molecule has 0 saturated heterocycles. The molecule has 0 aromatic carbocycles. The summed E-state index contributed by atoms with van der Waals surface area (Å²) >= 11 is 3.68. The second-order valence-corrected chi connectivity index (χ2v) is 6.47. The molecule has 2 atom stereocenters. The average Bonchev–Trinajstić information content (AvgIpc) is 2.60. The van der Waals surface area contributed by atoms with Gasteiger partial charge in [0.25, 0.3) is 0 Å². The summed E-state index contributed by atoms with van der Waals surface area (Å²) in [5.41, 5.74) is 1.40. The van der Waals surface area contributed by atoms with Crippen molar-refractivity contribution in [3.05, 3.63) is 16.4 Å². The normalized spacial score (nSPS) is 25.4. The smallest absolute Gasteiger partial charge is 0.0635 e. The summed E-state index contributed by atoms with van der Waals surface area (Å²) < 4.78 is 3.37. The highest BCUT2D eigenvalue weighted by molar-refractivity contribution is 9.10. The van der Waals surface area contributed by atoms with Crippen LogP contribution in [0.5, 0.6) is 0 Å². The minimum absolute atomic E-state index is 0.433. The van der Waals surface area contributed by atoms with Crippen molar-refractivity contribution in [2.45, 2.75) is 64.0 Å². The number of aromatic nitrogens is 2. The fraction of sp³-hybridized carbons (Fsp3) is 0.786. The van der Waals surface area contributed by atoms with E-state index in [0.29, 0.717) is 18.0 Å². The lowest BCUT2D eigenvalue weighted by atomic mass is 9.94. The Morgan fingerprint density at radius 2 is 2.11 bits per heavy atom. The molecular formula is C14H24BrN3. The van der Waals surface area contributed by atoms with Crippen LogP contribution < -0.4 is 5.32 Å². The van der Waals surface area contributed by atoms with Crippen LogP contribution in [0.25, 0.3) is 0 Å². The van der Waals surface area contributed by atoms with Gasteiger partial charge in [0.1, 0.15) is 0 Å². The van der Waals surface area contributed by atoms with E-state index in [2.05, 4.69) is 51.9 Å². The van der Waals surface area contributed by atoms with Crippen molar-refractivity contribution in [1.29, 1.82) is 0 Å². The SMILES string of the molecule is CNC1CCCCC(c2c(Br)cnn2C(C)C)C1. The third-order valence-corrected chi connectivity index (χ3v) is 4.61. The number of halogens is 1. The van der Waals surface area contributed by atoms with Gasteiger partial charge in [-0.1, -0.05) is 12.8 Å². The molecule has 3 nitrogen and oxygen atoms in total. The first kappa shape index (κ1) is 14.1. The topological polar surface area (TPSA) is 29.9 Å². The predicted octanol–water partition coefficient (Wildman–Crippen LogP) is 3.86. The first-order valence-electron chi connectivity index (χ1n) is 7.03. The van der Waals surface area contributed by atoms with E-state index in [4.69, 9.17) is 0 Å². The van der Waals surface area contributed by atoms with Crippen molar-refractivity contribution < 1.29 is 0 Å². The van der Waals surface area contributed by atoms with Gasteiger partial charge in [-0.2, -0.15) is 5.10 Å². The summed E-state index contributed by atoms with van der Waals surface area (Å²) in [6.45, 7) is 4.41. The van der Waals surface area contributed by atoms with Gasteiger partial charge >= 0.3 is 0 Å². The molecule has 0 spiro atoms. The van der Waals surface area contributed by atoms with Crippen LogP contribution in [-0.2, 0) is 0 Å². The van der Waals surface area contributed by atoms with Crippen molar-refractivity contribution >= 4 is 15.9 Å². The predicted molar refractivity (Wildman–Crippen MR) is 79.0 cm³/mol. The minimum atomic E-state index is 0.433. The molecule has 0 aliphatic heterocycles. The van der Waals surface area contributed by atoms with Crippen LogP contribution in [0, 0.1) is 0 Å². The van der Waals surface area contributed by atoms with Gasteiger partial charge in [-0.3, -0.25) is 4.68 Å². The summed E-state index contributed by atoms with van der Waals surface area (Å²) in [7, 11) is 2.09. The lowest BCUT2D eigenvalue weighted by Crippen LogP contribution is -2.26. The molecule has 1 fully saturated rings. The van der Waals surface area contributed by atoms with Crippen LogP contribution in [0.1, 0.15) is 63.6 Å². The van der Waals surface area contributed by atoms with Crippen molar-refractivity contribution in [1.82, 2.24) is 15.1 Å². The van der Waals surface area contributed by atoms with E-state index in [9.17, 15) is 0 Å². The second kappa shape index (κ2) is 6.20. The largest absolute Gasteiger partial charge is 0.317 e. The molecule has 1 saturated carbocycles. The third-order valence-electron chi connectivity index (χ3n) is 4.00. The molecular weight excluding hydrogens is 290 g/mol. The Kier molecular flexibility index (Phi) is 4.84. The van der Waals surface area contributed by atoms with Crippen LogP contribution in [0.3, 0.4) is 0 Å². The highest BCUT2D eigenvalue weighted by Gasteiger charge is 2.26. The monoisotopic (exact) mass is 313 g/mol. The van der Waals surface area contributed by atoms with Crippen LogP contribution in [0.2, 0.25) is 0 Å². The summed E-state index contributed by atoms with van der Waals surface area (Å²) in [4.78, 5) is 0. The fourth-order valence-corrected chi connectivity index (χ4v) is 3.61. The number of hydrogen-bond acceptors (Lipinski definition) is 2. The molecule has 18 heavy (non-hydrogen) atoms. The van der Waals surface area contributed by atoms with Crippen LogP contribution >= 0.6 is 15.9 Å². The maximum Gasteiger partial charge on any atom is 0.0635 e. The minimum Gasteiger partial charge on any atom is -0.317 e. The number of nitrogens with one attached hydrogen (secondary N) is 1. The van der Waals surface area contributed by atoms with Gasteiger partial charge in [0.15, 0.2) is 0 Å². The lowest BCUT2D eigenvalue weighted by molar-refractivity contribution is 0.429. The van der Waals surface area contributed by atoms with Crippen LogP contribution in [0.4, 0.5) is 0 Å². The maximum absolute atomic E-state index is 4.52. The van der Waals surface area contributed by atoms with Gasteiger partial charge in [-0.15, -0.1) is 0 Å². The van der Waals surface area contributed by atoms with E-state index < -0.39 is 0 Å². The molecule has 1 aromatic rings. The zero-order valence-corrected chi connectivity index (χ0v) is 13.2. The molecule has 0 radical (unpaired) electrons. The van der Waals surface area contributed by atoms with Crippen molar-refractivity contribution in [3.8, 4) is 0 Å². The quantitative estimate of drug-likeness (QED) is 0.859. The van der Waals surface area contributed by atoms with Gasteiger partial charge in [0.2, 0.25) is 0 Å². The lowest BCUT2D eigenvalue weighted by Gasteiger charge is -2.22. The van der Waals surface area contributed by atoms with E-state index in [1.54, 1.807) is 0 Å². The molecule has 1 aromatic heterocycles. The average molecular weight is 314 g/mol. The Balaban J connectivity index is 2.26. The standard InChI is InChI=1S/C14H24BrN3/c1-10(2)18-14(13(15)9-17-18)11-6-4-5-7-12(8-11)16-3/h9-12,16H,4-8H2,1-3H3. The summed E-state index contributed by atoms with van der Waals surface area (Å²) in [6, 6.07) is 1.09. The van der Waals surface area contributed by atoms with E-state index in [0.717, 1.165) is 0 Å². The van der Waals surface area contributed by atoms with E-state index in [-0.39, 0.29) is 0 Å². The molecule has 4 heteroatoms. The molecule has 1 aliphatic rings. The van der Waals surface area contributed by atoms with Gasteiger partial charge in [0, 0.05) is 18.0 Å². The van der Waals surface area contributed by atoms with Crippen molar-refractivity contribution in [2.24, 2.45) is 0 Å². The number of hydrogen-bond donors (Lipinski definition) is 1. The van der Waals surface area contributed by atoms with E-state index >= 15 is 0 Å². The highest BCUT2D eigenvalue weighted by Crippen LogP contribution is 2.36. The second-order valence-electron chi connectivity index (χ2n) is 5.62. The van der Waals surface area contributed by atoms with Crippen LogP contribution in [-0.4, -0.2) is 22.9 Å². The van der Waals surface area contributed by atoms with Gasteiger partial charge < -0.3 is 5.32 Å². The molecule has 1 aliphatic carbocycles. The van der Waals surface area contributed by atoms with Gasteiger partial charge in [0.05, 0.1) is 16.4 Å². The Morgan fingerprint density at radius 1 is 1.39 bits per heavy atom. The molecule has 1 heterocycles. The van der Waals surface area contributed by atoms with Crippen molar-refractivity contribution in [3.63, 3.8) is 0 Å². The van der Waals surface area contributed by atoms with E-state index in [1.165, 1.54) is 42.3 Å². The molecule has 102 valence electrons. The summed E-state index contributed by atoms with van der Waals surface area (Å²) in [5.74, 6) is 0.629. The highest BCUT2D eigenvalue weighted by atomic mass is 79.9. The van der Waals surface area contributed by atoms with E-state index in [1.807, 2.05) is 6.20 Å². The van der Waals surface area contributed by atoms with Gasteiger partial charge in [-0.25, -0.2) is 0 Å². The first-order valence-corrected chi connectivity index (χ1v) is 7.83. The molecule has 1 N–H and O–H groups in total. The zero-order valence-electron chi connectivity index (χ0n) is 11.6. The van der Waals surface area contributed by atoms with Crippen LogP contribution in [0.15, 0.2) is 10.7 Å². The number of nitrogens with zero attached hydrogens (tertiary/aromatic N) is 2. The maximum atomic E-state index is 4.52. The first-order chi connectivity index (χ1) is 8.63. The number of rotatable bonds is 3. The van der Waals surface area contributed by atoms with Crippen molar-refractivity contribution in [2.75, 3.05) is 7.05 Å². The van der Waals surface area contributed by atoms with Gasteiger partial charge in [-0.05, 0) is 56.1 Å². The molecule has 2 rings (SSSR count). The molecule has 2 unspecified atom stereocenters. The Bertz CT molecular complexity index is 386.